The summed E-state index contributed by atoms with van der Waals surface area (Å²) in [6.45, 7) is 6.00. The van der Waals surface area contributed by atoms with Gasteiger partial charge in [0.05, 0.1) is 11.6 Å². The minimum Gasteiger partial charge on any atom is -0.493 e. The zero-order valence-electron chi connectivity index (χ0n) is 10.1. The Morgan fingerprint density at radius 3 is 2.62 bits per heavy atom. The van der Waals surface area contributed by atoms with Crippen LogP contribution < -0.4 is 0 Å². The van der Waals surface area contributed by atoms with Crippen LogP contribution >= 0.6 is 11.6 Å². The van der Waals surface area contributed by atoms with Crippen molar-refractivity contribution >= 4 is 11.6 Å². The molecule has 0 bridgehead atoms. The third-order valence-electron chi connectivity index (χ3n) is 2.73. The zero-order chi connectivity index (χ0) is 12.1. The van der Waals surface area contributed by atoms with Gasteiger partial charge < -0.3 is 5.11 Å². The highest BCUT2D eigenvalue weighted by Crippen LogP contribution is 2.31. The average molecular weight is 243 g/mol. The molecule has 0 radical (unpaired) electrons. The summed E-state index contributed by atoms with van der Waals surface area (Å²) in [4.78, 5) is 8.28. The van der Waals surface area contributed by atoms with Gasteiger partial charge in [0, 0.05) is 5.56 Å². The third-order valence-corrected chi connectivity index (χ3v) is 2.98. The van der Waals surface area contributed by atoms with Crippen molar-refractivity contribution in [3.63, 3.8) is 0 Å². The lowest BCUT2D eigenvalue weighted by Crippen LogP contribution is -2.05. The van der Waals surface area contributed by atoms with E-state index in [2.05, 4.69) is 23.8 Å². The van der Waals surface area contributed by atoms with E-state index in [1.807, 2.05) is 0 Å². The Morgan fingerprint density at radius 2 is 2.06 bits per heavy atom. The SMILES string of the molecule is CCCCC(C)c1c(O)nc(C)nc1CCl. The molecule has 1 unspecified atom stereocenters. The van der Waals surface area contributed by atoms with Crippen molar-refractivity contribution in [2.45, 2.75) is 51.8 Å². The van der Waals surface area contributed by atoms with E-state index in [1.165, 1.54) is 0 Å². The summed E-state index contributed by atoms with van der Waals surface area (Å²) in [6.07, 6.45) is 3.31. The Labute approximate surface area is 102 Å². The smallest absolute Gasteiger partial charge is 0.217 e. The number of unbranched alkanes of at least 4 members (excludes halogenated alkanes) is 1. The van der Waals surface area contributed by atoms with Crippen LogP contribution in [0.3, 0.4) is 0 Å². The molecule has 0 spiro atoms. The fraction of sp³-hybridized carbons (Fsp3) is 0.667. The number of hydrogen-bond acceptors (Lipinski definition) is 3. The van der Waals surface area contributed by atoms with Crippen LogP contribution in [-0.4, -0.2) is 15.1 Å². The molecule has 1 aromatic rings. The second-order valence-electron chi connectivity index (χ2n) is 4.13. The molecule has 16 heavy (non-hydrogen) atoms. The molecule has 4 heteroatoms. The molecule has 0 fully saturated rings. The maximum atomic E-state index is 9.86. The van der Waals surface area contributed by atoms with Gasteiger partial charge in [0.2, 0.25) is 5.88 Å². The molecule has 0 aliphatic carbocycles. The molecule has 1 atom stereocenters. The standard InChI is InChI=1S/C12H19ClN2O/c1-4-5-6-8(2)11-10(7-13)14-9(3)15-12(11)16/h8H,4-7H2,1-3H3,(H,14,15,16). The van der Waals surface area contributed by atoms with Gasteiger partial charge in [0.15, 0.2) is 0 Å². The van der Waals surface area contributed by atoms with Crippen molar-refractivity contribution in [1.82, 2.24) is 9.97 Å². The maximum absolute atomic E-state index is 9.86. The first-order valence-electron chi connectivity index (χ1n) is 5.72. The highest BCUT2D eigenvalue weighted by Gasteiger charge is 2.17. The monoisotopic (exact) mass is 242 g/mol. The molecule has 0 aliphatic heterocycles. The molecule has 0 aromatic carbocycles. The quantitative estimate of drug-likeness (QED) is 0.804. The van der Waals surface area contributed by atoms with E-state index in [0.29, 0.717) is 11.7 Å². The van der Waals surface area contributed by atoms with Gasteiger partial charge in [0.25, 0.3) is 0 Å². The third kappa shape index (κ3) is 3.08. The first kappa shape index (κ1) is 13.2. The second kappa shape index (κ2) is 6.04. The minimum atomic E-state index is 0.0896. The van der Waals surface area contributed by atoms with Crippen molar-refractivity contribution in [2.75, 3.05) is 0 Å². The summed E-state index contributed by atoms with van der Waals surface area (Å²) < 4.78 is 0. The van der Waals surface area contributed by atoms with Crippen LogP contribution in [0.25, 0.3) is 0 Å². The maximum Gasteiger partial charge on any atom is 0.217 e. The summed E-state index contributed by atoms with van der Waals surface area (Å²) >= 11 is 5.85. The first-order chi connectivity index (χ1) is 7.60. The van der Waals surface area contributed by atoms with Gasteiger partial charge >= 0.3 is 0 Å². The summed E-state index contributed by atoms with van der Waals surface area (Å²) in [5.41, 5.74) is 1.57. The van der Waals surface area contributed by atoms with Gasteiger partial charge in [-0.2, -0.15) is 4.98 Å². The number of hydrogen-bond donors (Lipinski definition) is 1. The molecule has 0 saturated carbocycles. The van der Waals surface area contributed by atoms with Crippen molar-refractivity contribution < 1.29 is 5.11 Å². The molecule has 90 valence electrons. The summed E-state index contributed by atoms with van der Waals surface area (Å²) in [5.74, 6) is 1.24. The number of aromatic nitrogens is 2. The molecular weight excluding hydrogens is 224 g/mol. The van der Waals surface area contributed by atoms with Gasteiger partial charge in [-0.25, -0.2) is 4.98 Å². The summed E-state index contributed by atoms with van der Waals surface area (Å²) in [6, 6.07) is 0. The fourth-order valence-corrected chi connectivity index (χ4v) is 2.09. The lowest BCUT2D eigenvalue weighted by Gasteiger charge is -2.15. The Kier molecular flexibility index (Phi) is 5.00. The molecule has 0 saturated heterocycles. The van der Waals surface area contributed by atoms with E-state index in [9.17, 15) is 5.11 Å². The number of halogens is 1. The van der Waals surface area contributed by atoms with Crippen molar-refractivity contribution in [1.29, 1.82) is 0 Å². The Morgan fingerprint density at radius 1 is 1.38 bits per heavy atom. The topological polar surface area (TPSA) is 46.0 Å². The van der Waals surface area contributed by atoms with Crippen LogP contribution in [0.4, 0.5) is 0 Å². The molecule has 3 nitrogen and oxygen atoms in total. The number of nitrogens with zero attached hydrogens (tertiary/aromatic N) is 2. The largest absolute Gasteiger partial charge is 0.493 e. The normalized spacial score (nSPS) is 12.8. The summed E-state index contributed by atoms with van der Waals surface area (Å²) in [5, 5.41) is 9.86. The Hall–Kier alpha value is -0.830. The Bertz CT molecular complexity index is 355. The average Bonchev–Trinajstić information content (AvgIpc) is 2.24. The van der Waals surface area contributed by atoms with Crippen molar-refractivity contribution in [2.24, 2.45) is 0 Å². The van der Waals surface area contributed by atoms with Crippen molar-refractivity contribution in [3.8, 4) is 5.88 Å². The Balaban J connectivity index is 3.01. The number of rotatable bonds is 5. The molecule has 1 aromatic heterocycles. The number of aromatic hydroxyl groups is 1. The zero-order valence-corrected chi connectivity index (χ0v) is 10.9. The predicted molar refractivity (Wildman–Crippen MR) is 65.9 cm³/mol. The molecule has 1 rings (SSSR count). The minimum absolute atomic E-state index is 0.0896. The van der Waals surface area contributed by atoms with Gasteiger partial charge in [0.1, 0.15) is 5.82 Å². The number of aryl methyl sites for hydroxylation is 1. The molecule has 0 aliphatic rings. The van der Waals surface area contributed by atoms with E-state index in [-0.39, 0.29) is 11.8 Å². The van der Waals surface area contributed by atoms with E-state index in [4.69, 9.17) is 11.6 Å². The predicted octanol–water partition coefficient (Wildman–Crippen LogP) is 3.52. The van der Waals surface area contributed by atoms with E-state index in [0.717, 1.165) is 30.5 Å². The molecule has 0 amide bonds. The van der Waals surface area contributed by atoms with Gasteiger partial charge in [-0.1, -0.05) is 26.7 Å². The van der Waals surface area contributed by atoms with Crippen molar-refractivity contribution in [3.05, 3.63) is 17.1 Å². The highest BCUT2D eigenvalue weighted by molar-refractivity contribution is 6.17. The first-order valence-corrected chi connectivity index (χ1v) is 6.25. The fourth-order valence-electron chi connectivity index (χ4n) is 1.88. The van der Waals surface area contributed by atoms with E-state index in [1.54, 1.807) is 6.92 Å². The molecular formula is C12H19ClN2O. The van der Waals surface area contributed by atoms with Crippen LogP contribution in [0.5, 0.6) is 5.88 Å². The number of alkyl halides is 1. The van der Waals surface area contributed by atoms with Crippen LogP contribution in [0, 0.1) is 6.92 Å². The highest BCUT2D eigenvalue weighted by atomic mass is 35.5. The van der Waals surface area contributed by atoms with Crippen LogP contribution in [0.2, 0.25) is 0 Å². The van der Waals surface area contributed by atoms with E-state index < -0.39 is 0 Å². The molecule has 1 N–H and O–H groups in total. The lowest BCUT2D eigenvalue weighted by atomic mass is 9.95. The van der Waals surface area contributed by atoms with E-state index >= 15 is 0 Å². The van der Waals surface area contributed by atoms with Crippen LogP contribution in [-0.2, 0) is 5.88 Å². The molecule has 1 heterocycles. The van der Waals surface area contributed by atoms with Gasteiger partial charge in [-0.3, -0.25) is 0 Å². The van der Waals surface area contributed by atoms with Gasteiger partial charge in [-0.05, 0) is 19.3 Å². The van der Waals surface area contributed by atoms with Gasteiger partial charge in [-0.15, -0.1) is 11.6 Å². The lowest BCUT2D eigenvalue weighted by molar-refractivity contribution is 0.432. The van der Waals surface area contributed by atoms with Crippen LogP contribution in [0.15, 0.2) is 0 Å². The summed E-state index contributed by atoms with van der Waals surface area (Å²) in [7, 11) is 0. The second-order valence-corrected chi connectivity index (χ2v) is 4.40. The van der Waals surface area contributed by atoms with Crippen LogP contribution in [0.1, 0.15) is 56.1 Å².